The number of rotatable bonds is 4. The van der Waals surface area contributed by atoms with Crippen LogP contribution in [-0.4, -0.2) is 22.6 Å². The van der Waals surface area contributed by atoms with E-state index in [0.717, 1.165) is 23.9 Å². The Balaban J connectivity index is 2.08. The molecule has 1 heterocycles. The molecule has 0 saturated heterocycles. The Kier molecular flexibility index (Phi) is 3.41. The van der Waals surface area contributed by atoms with Gasteiger partial charge in [0.1, 0.15) is 6.10 Å². The number of nitrogens with one attached hydrogen (secondary N) is 1. The van der Waals surface area contributed by atoms with Crippen LogP contribution in [0.25, 0.3) is 0 Å². The van der Waals surface area contributed by atoms with Crippen LogP contribution in [0.15, 0.2) is 10.7 Å². The van der Waals surface area contributed by atoms with Gasteiger partial charge in [0.25, 0.3) is 0 Å². The second-order valence-corrected chi connectivity index (χ2v) is 4.40. The van der Waals surface area contributed by atoms with Crippen molar-refractivity contribution in [2.24, 2.45) is 0 Å². The molecule has 82 valence electrons. The lowest BCUT2D eigenvalue weighted by Gasteiger charge is -2.26. The number of aromatic nitrogens is 2. The average Bonchev–Trinajstić information content (AvgIpc) is 2.16. The van der Waals surface area contributed by atoms with Crippen molar-refractivity contribution < 1.29 is 4.74 Å². The molecule has 1 aromatic heterocycles. The van der Waals surface area contributed by atoms with Crippen molar-refractivity contribution >= 4 is 21.9 Å². The molecule has 0 unspecified atom stereocenters. The van der Waals surface area contributed by atoms with Crippen molar-refractivity contribution in [2.75, 3.05) is 11.9 Å². The van der Waals surface area contributed by atoms with Gasteiger partial charge in [0.2, 0.25) is 11.8 Å². The van der Waals surface area contributed by atoms with E-state index >= 15 is 0 Å². The fourth-order valence-corrected chi connectivity index (χ4v) is 1.61. The minimum Gasteiger partial charge on any atom is -0.473 e. The van der Waals surface area contributed by atoms with Gasteiger partial charge < -0.3 is 10.1 Å². The number of hydrogen-bond donors (Lipinski definition) is 1. The first kappa shape index (κ1) is 10.7. The third kappa shape index (κ3) is 2.59. The third-order valence-electron chi connectivity index (χ3n) is 2.38. The zero-order valence-electron chi connectivity index (χ0n) is 8.66. The number of nitrogens with zero attached hydrogens (tertiary/aromatic N) is 2. The zero-order valence-corrected chi connectivity index (χ0v) is 10.2. The van der Waals surface area contributed by atoms with Gasteiger partial charge in [-0.2, -0.15) is 4.98 Å². The maximum absolute atomic E-state index is 5.73. The zero-order chi connectivity index (χ0) is 10.7. The van der Waals surface area contributed by atoms with Crippen molar-refractivity contribution in [1.82, 2.24) is 9.97 Å². The van der Waals surface area contributed by atoms with Gasteiger partial charge in [0.15, 0.2) is 0 Å². The van der Waals surface area contributed by atoms with Crippen LogP contribution in [-0.2, 0) is 0 Å². The van der Waals surface area contributed by atoms with Gasteiger partial charge in [-0.1, -0.05) is 0 Å². The SMILES string of the molecule is CCNc1ncc(Br)c(OC2CCC2)n1. The Morgan fingerprint density at radius 3 is 3.00 bits per heavy atom. The van der Waals surface area contributed by atoms with Crippen molar-refractivity contribution in [3.8, 4) is 5.88 Å². The first-order valence-corrected chi connectivity index (χ1v) is 6.02. The molecule has 0 atom stereocenters. The Labute approximate surface area is 97.6 Å². The summed E-state index contributed by atoms with van der Waals surface area (Å²) >= 11 is 3.39. The first-order chi connectivity index (χ1) is 7.29. The molecule has 0 aromatic carbocycles. The molecular weight excluding hydrogens is 258 g/mol. The first-order valence-electron chi connectivity index (χ1n) is 5.22. The summed E-state index contributed by atoms with van der Waals surface area (Å²) in [5.41, 5.74) is 0. The van der Waals surface area contributed by atoms with Crippen LogP contribution in [0.1, 0.15) is 26.2 Å². The molecule has 0 spiro atoms. The average molecular weight is 272 g/mol. The molecule has 4 nitrogen and oxygen atoms in total. The predicted octanol–water partition coefficient (Wildman–Crippen LogP) is 2.60. The number of halogens is 1. The van der Waals surface area contributed by atoms with Crippen LogP contribution in [0.5, 0.6) is 5.88 Å². The Morgan fingerprint density at radius 2 is 2.40 bits per heavy atom. The van der Waals surface area contributed by atoms with Gasteiger partial charge in [0.05, 0.1) is 10.7 Å². The molecule has 15 heavy (non-hydrogen) atoms. The second-order valence-electron chi connectivity index (χ2n) is 3.55. The highest BCUT2D eigenvalue weighted by Crippen LogP contribution is 2.29. The Morgan fingerprint density at radius 1 is 1.60 bits per heavy atom. The van der Waals surface area contributed by atoms with Crippen LogP contribution >= 0.6 is 15.9 Å². The predicted molar refractivity (Wildman–Crippen MR) is 62.2 cm³/mol. The van der Waals surface area contributed by atoms with Gasteiger partial charge >= 0.3 is 0 Å². The van der Waals surface area contributed by atoms with Crippen LogP contribution in [0, 0.1) is 0 Å². The lowest BCUT2D eigenvalue weighted by molar-refractivity contribution is 0.113. The molecule has 0 bridgehead atoms. The molecule has 1 aliphatic carbocycles. The number of hydrogen-bond acceptors (Lipinski definition) is 4. The molecule has 5 heteroatoms. The molecule has 0 radical (unpaired) electrons. The quantitative estimate of drug-likeness (QED) is 0.915. The van der Waals surface area contributed by atoms with E-state index in [2.05, 4.69) is 31.2 Å². The van der Waals surface area contributed by atoms with Gasteiger partial charge in [-0.25, -0.2) is 4.98 Å². The fourth-order valence-electron chi connectivity index (χ4n) is 1.32. The topological polar surface area (TPSA) is 47.0 Å². The highest BCUT2D eigenvalue weighted by molar-refractivity contribution is 9.10. The van der Waals surface area contributed by atoms with E-state index < -0.39 is 0 Å². The summed E-state index contributed by atoms with van der Waals surface area (Å²) in [4.78, 5) is 8.42. The van der Waals surface area contributed by atoms with E-state index in [-0.39, 0.29) is 0 Å². The van der Waals surface area contributed by atoms with E-state index in [1.165, 1.54) is 6.42 Å². The standard InChI is InChI=1S/C10H14BrN3O/c1-2-12-10-13-6-8(11)9(14-10)15-7-4-3-5-7/h6-7H,2-5H2,1H3,(H,12,13,14). The molecular formula is C10H14BrN3O. The lowest BCUT2D eigenvalue weighted by atomic mass is 9.96. The summed E-state index contributed by atoms with van der Waals surface area (Å²) in [7, 11) is 0. The van der Waals surface area contributed by atoms with E-state index in [4.69, 9.17) is 4.74 Å². The fraction of sp³-hybridized carbons (Fsp3) is 0.600. The minimum absolute atomic E-state index is 0.339. The van der Waals surface area contributed by atoms with E-state index in [1.54, 1.807) is 6.20 Å². The molecule has 1 aliphatic rings. The second kappa shape index (κ2) is 4.79. The maximum Gasteiger partial charge on any atom is 0.233 e. The molecule has 0 aliphatic heterocycles. The lowest BCUT2D eigenvalue weighted by Crippen LogP contribution is -2.25. The van der Waals surface area contributed by atoms with Gasteiger partial charge in [-0.3, -0.25) is 0 Å². The maximum atomic E-state index is 5.73. The summed E-state index contributed by atoms with van der Waals surface area (Å²) in [6.45, 7) is 2.82. The van der Waals surface area contributed by atoms with Gasteiger partial charge in [-0.05, 0) is 42.1 Å². The Bertz CT molecular complexity index is 341. The monoisotopic (exact) mass is 271 g/mol. The third-order valence-corrected chi connectivity index (χ3v) is 2.92. The number of anilines is 1. The largest absolute Gasteiger partial charge is 0.473 e. The summed E-state index contributed by atoms with van der Waals surface area (Å²) in [6, 6.07) is 0. The van der Waals surface area contributed by atoms with Crippen LogP contribution < -0.4 is 10.1 Å². The Hall–Kier alpha value is -0.840. The normalized spacial score (nSPS) is 15.9. The summed E-state index contributed by atoms with van der Waals surface area (Å²) < 4.78 is 6.55. The highest BCUT2D eigenvalue weighted by atomic mass is 79.9. The van der Waals surface area contributed by atoms with E-state index in [0.29, 0.717) is 17.9 Å². The summed E-state index contributed by atoms with van der Waals surface area (Å²) in [6.07, 6.45) is 5.58. The molecule has 0 amide bonds. The van der Waals surface area contributed by atoms with Crippen molar-refractivity contribution in [2.45, 2.75) is 32.3 Å². The minimum atomic E-state index is 0.339. The summed E-state index contributed by atoms with van der Waals surface area (Å²) in [5.74, 6) is 1.26. The van der Waals surface area contributed by atoms with Gasteiger partial charge in [-0.15, -0.1) is 0 Å². The van der Waals surface area contributed by atoms with Gasteiger partial charge in [0, 0.05) is 6.54 Å². The molecule has 1 fully saturated rings. The van der Waals surface area contributed by atoms with Crippen LogP contribution in [0.4, 0.5) is 5.95 Å². The molecule has 1 saturated carbocycles. The molecule has 1 N–H and O–H groups in total. The van der Waals surface area contributed by atoms with E-state index in [1.807, 2.05) is 6.92 Å². The smallest absolute Gasteiger partial charge is 0.233 e. The highest BCUT2D eigenvalue weighted by Gasteiger charge is 2.21. The molecule has 1 aromatic rings. The van der Waals surface area contributed by atoms with Crippen LogP contribution in [0.3, 0.4) is 0 Å². The van der Waals surface area contributed by atoms with Crippen molar-refractivity contribution in [3.63, 3.8) is 0 Å². The molecule has 2 rings (SSSR count). The van der Waals surface area contributed by atoms with Crippen molar-refractivity contribution in [3.05, 3.63) is 10.7 Å². The van der Waals surface area contributed by atoms with Crippen LogP contribution in [0.2, 0.25) is 0 Å². The number of ether oxygens (including phenoxy) is 1. The summed E-state index contributed by atoms with van der Waals surface area (Å²) in [5, 5.41) is 3.06. The van der Waals surface area contributed by atoms with E-state index in [9.17, 15) is 0 Å². The van der Waals surface area contributed by atoms with Crippen molar-refractivity contribution in [1.29, 1.82) is 0 Å².